The standard InChI is InChI=1S/C12H10ClFN2O2/c13-10-9(14)5-8-7(12(17)18)3-4-16(6-1-2-6)11(8)15-10/h3-7H,1-2H2,(H,17,18). The molecule has 1 saturated carbocycles. The van der Waals surface area contributed by atoms with Crippen LogP contribution in [0.5, 0.6) is 0 Å². The minimum absolute atomic E-state index is 0.223. The van der Waals surface area contributed by atoms with Crippen molar-refractivity contribution < 1.29 is 14.3 Å². The van der Waals surface area contributed by atoms with Crippen molar-refractivity contribution in [2.75, 3.05) is 4.90 Å². The summed E-state index contributed by atoms with van der Waals surface area (Å²) >= 11 is 5.68. The van der Waals surface area contributed by atoms with E-state index in [-0.39, 0.29) is 5.15 Å². The molecule has 0 amide bonds. The maximum atomic E-state index is 13.5. The molecule has 1 unspecified atom stereocenters. The normalized spacial score (nSPS) is 21.9. The molecule has 94 valence electrons. The van der Waals surface area contributed by atoms with Crippen LogP contribution in [0.2, 0.25) is 5.15 Å². The van der Waals surface area contributed by atoms with Crippen LogP contribution in [0.15, 0.2) is 18.3 Å². The highest BCUT2D eigenvalue weighted by atomic mass is 35.5. The lowest BCUT2D eigenvalue weighted by Crippen LogP contribution is -2.27. The second-order valence-electron chi connectivity index (χ2n) is 4.47. The van der Waals surface area contributed by atoms with Crippen molar-refractivity contribution in [2.45, 2.75) is 24.8 Å². The summed E-state index contributed by atoms with van der Waals surface area (Å²) in [5, 5.41) is 8.91. The summed E-state index contributed by atoms with van der Waals surface area (Å²) in [5.74, 6) is -2.12. The maximum Gasteiger partial charge on any atom is 0.315 e. The zero-order valence-electron chi connectivity index (χ0n) is 9.31. The van der Waals surface area contributed by atoms with Gasteiger partial charge in [-0.15, -0.1) is 0 Å². The zero-order valence-corrected chi connectivity index (χ0v) is 10.1. The number of aromatic nitrogens is 1. The number of rotatable bonds is 2. The Bertz CT molecular complexity index is 557. The molecule has 1 aromatic rings. The summed E-state index contributed by atoms with van der Waals surface area (Å²) in [6.45, 7) is 0. The molecule has 2 aliphatic rings. The number of anilines is 1. The summed E-state index contributed by atoms with van der Waals surface area (Å²) in [7, 11) is 0. The molecule has 1 aliphatic heterocycles. The van der Waals surface area contributed by atoms with Crippen LogP contribution < -0.4 is 4.90 Å². The van der Waals surface area contributed by atoms with Crippen LogP contribution >= 0.6 is 11.6 Å². The second-order valence-corrected chi connectivity index (χ2v) is 4.83. The molecule has 1 fully saturated rings. The van der Waals surface area contributed by atoms with Crippen molar-refractivity contribution in [2.24, 2.45) is 0 Å². The van der Waals surface area contributed by atoms with Gasteiger partial charge in [0.05, 0.1) is 0 Å². The van der Waals surface area contributed by atoms with Gasteiger partial charge in [-0.05, 0) is 25.0 Å². The molecule has 1 N–H and O–H groups in total. The van der Waals surface area contributed by atoms with Gasteiger partial charge in [0.2, 0.25) is 0 Å². The van der Waals surface area contributed by atoms with Crippen LogP contribution in [0, 0.1) is 5.82 Å². The maximum absolute atomic E-state index is 13.5. The lowest BCUT2D eigenvalue weighted by molar-refractivity contribution is -0.137. The van der Waals surface area contributed by atoms with E-state index in [1.54, 1.807) is 12.3 Å². The molecular weight excluding hydrogens is 259 g/mol. The van der Waals surface area contributed by atoms with E-state index >= 15 is 0 Å². The Hall–Kier alpha value is -1.62. The van der Waals surface area contributed by atoms with Crippen molar-refractivity contribution in [3.05, 3.63) is 34.9 Å². The molecule has 1 atom stereocenters. The van der Waals surface area contributed by atoms with Crippen LogP contribution in [-0.4, -0.2) is 22.1 Å². The summed E-state index contributed by atoms with van der Waals surface area (Å²) in [5.41, 5.74) is 0.360. The molecule has 18 heavy (non-hydrogen) atoms. The summed E-state index contributed by atoms with van der Waals surface area (Å²) in [6, 6.07) is 1.49. The first-order chi connectivity index (χ1) is 8.58. The Morgan fingerprint density at radius 2 is 2.28 bits per heavy atom. The molecule has 0 aromatic carbocycles. The van der Waals surface area contributed by atoms with E-state index in [1.807, 2.05) is 4.90 Å². The molecule has 3 rings (SSSR count). The first kappa shape index (κ1) is 11.5. The third-order valence-corrected chi connectivity index (χ3v) is 3.43. The van der Waals surface area contributed by atoms with E-state index < -0.39 is 17.7 Å². The third-order valence-electron chi connectivity index (χ3n) is 3.17. The van der Waals surface area contributed by atoms with E-state index in [1.165, 1.54) is 6.07 Å². The largest absolute Gasteiger partial charge is 0.481 e. The van der Waals surface area contributed by atoms with Gasteiger partial charge in [-0.2, -0.15) is 0 Å². The first-order valence-corrected chi connectivity index (χ1v) is 6.01. The van der Waals surface area contributed by atoms with Crippen LogP contribution in [0.4, 0.5) is 10.2 Å². The molecule has 0 bridgehead atoms. The van der Waals surface area contributed by atoms with Gasteiger partial charge in [-0.3, -0.25) is 4.79 Å². The number of nitrogens with zero attached hydrogens (tertiary/aromatic N) is 2. The fraction of sp³-hybridized carbons (Fsp3) is 0.333. The Labute approximate surface area is 108 Å². The second kappa shape index (κ2) is 3.95. The number of aliphatic carboxylic acids is 1. The Morgan fingerprint density at radius 1 is 1.56 bits per heavy atom. The van der Waals surface area contributed by atoms with Gasteiger partial charge in [0.25, 0.3) is 0 Å². The van der Waals surface area contributed by atoms with Crippen molar-refractivity contribution in [1.82, 2.24) is 4.98 Å². The van der Waals surface area contributed by atoms with E-state index in [2.05, 4.69) is 4.98 Å². The fourth-order valence-electron chi connectivity index (χ4n) is 2.12. The quantitative estimate of drug-likeness (QED) is 0.838. The van der Waals surface area contributed by atoms with Crippen LogP contribution in [0.25, 0.3) is 0 Å². The van der Waals surface area contributed by atoms with Crippen LogP contribution in [-0.2, 0) is 4.79 Å². The highest BCUT2D eigenvalue weighted by Crippen LogP contribution is 2.40. The number of fused-ring (bicyclic) bond motifs is 1. The minimum Gasteiger partial charge on any atom is -0.481 e. The number of carbonyl (C=O) groups is 1. The number of pyridine rings is 1. The Kier molecular flexibility index (Phi) is 2.52. The van der Waals surface area contributed by atoms with Gasteiger partial charge in [0.1, 0.15) is 11.7 Å². The van der Waals surface area contributed by atoms with Crippen LogP contribution in [0.3, 0.4) is 0 Å². The SMILES string of the molecule is O=C(O)C1C=CN(C2CC2)c2nc(Cl)c(F)cc21. The Balaban J connectivity index is 2.13. The zero-order chi connectivity index (χ0) is 12.9. The van der Waals surface area contributed by atoms with Gasteiger partial charge in [-0.25, -0.2) is 9.37 Å². The van der Waals surface area contributed by atoms with Gasteiger partial charge in [-0.1, -0.05) is 11.6 Å². The van der Waals surface area contributed by atoms with Crippen molar-refractivity contribution in [1.29, 1.82) is 0 Å². The fourth-order valence-corrected chi connectivity index (χ4v) is 2.26. The first-order valence-electron chi connectivity index (χ1n) is 5.63. The van der Waals surface area contributed by atoms with E-state index in [0.717, 1.165) is 12.8 Å². The molecule has 0 saturated heterocycles. The van der Waals surface area contributed by atoms with Gasteiger partial charge in [0.15, 0.2) is 11.0 Å². The van der Waals surface area contributed by atoms with Gasteiger partial charge >= 0.3 is 5.97 Å². The molecule has 1 aromatic heterocycles. The summed E-state index contributed by atoms with van der Waals surface area (Å²) in [6.07, 6.45) is 5.31. The van der Waals surface area contributed by atoms with Crippen molar-refractivity contribution >= 4 is 23.4 Å². The minimum atomic E-state index is -1.02. The third kappa shape index (κ3) is 1.75. The average Bonchev–Trinajstić information content (AvgIpc) is 3.13. The van der Waals surface area contributed by atoms with E-state index in [9.17, 15) is 9.18 Å². The number of hydrogen-bond donors (Lipinski definition) is 1. The number of halogens is 2. The molecule has 0 spiro atoms. The number of hydrogen-bond acceptors (Lipinski definition) is 3. The molecule has 4 nitrogen and oxygen atoms in total. The van der Waals surface area contributed by atoms with E-state index in [0.29, 0.717) is 17.4 Å². The predicted octanol–water partition coefficient (Wildman–Crippen LogP) is 2.54. The monoisotopic (exact) mass is 268 g/mol. The molecule has 1 aliphatic carbocycles. The average molecular weight is 269 g/mol. The van der Waals surface area contributed by atoms with Gasteiger partial charge in [0, 0.05) is 17.8 Å². The number of carboxylic acids is 1. The molecule has 2 heterocycles. The predicted molar refractivity (Wildman–Crippen MR) is 64.2 cm³/mol. The highest BCUT2D eigenvalue weighted by Gasteiger charge is 2.36. The van der Waals surface area contributed by atoms with Crippen molar-refractivity contribution in [3.63, 3.8) is 0 Å². The highest BCUT2D eigenvalue weighted by molar-refractivity contribution is 6.29. The molecule has 6 heteroatoms. The lowest BCUT2D eigenvalue weighted by Gasteiger charge is -2.28. The summed E-state index contributed by atoms with van der Waals surface area (Å²) < 4.78 is 13.5. The smallest absolute Gasteiger partial charge is 0.315 e. The topological polar surface area (TPSA) is 53.4 Å². The Morgan fingerprint density at radius 3 is 2.89 bits per heavy atom. The number of carboxylic acid groups (broad SMARTS) is 1. The summed E-state index contributed by atoms with van der Waals surface area (Å²) in [4.78, 5) is 17.0. The molecular formula is C12H10ClFN2O2. The molecule has 0 radical (unpaired) electrons. The van der Waals surface area contributed by atoms with Gasteiger partial charge < -0.3 is 10.0 Å². The lowest BCUT2D eigenvalue weighted by atomic mass is 9.97. The van der Waals surface area contributed by atoms with E-state index in [4.69, 9.17) is 16.7 Å². The van der Waals surface area contributed by atoms with Crippen LogP contribution in [0.1, 0.15) is 24.3 Å². The van der Waals surface area contributed by atoms with Crippen molar-refractivity contribution in [3.8, 4) is 0 Å².